The summed E-state index contributed by atoms with van der Waals surface area (Å²) in [4.78, 5) is 4.71. The molecule has 0 fully saturated rings. The van der Waals surface area contributed by atoms with E-state index in [4.69, 9.17) is 19.2 Å². The molecule has 1 N–H and O–H groups in total. The smallest absolute Gasteiger partial charge is 0.203 e. The van der Waals surface area contributed by atoms with E-state index in [1.165, 1.54) is 0 Å². The molecule has 3 aromatic rings. The van der Waals surface area contributed by atoms with Gasteiger partial charge in [0.2, 0.25) is 5.75 Å². The van der Waals surface area contributed by atoms with Crippen LogP contribution in [0.1, 0.15) is 0 Å². The Morgan fingerprint density at radius 2 is 1.67 bits per heavy atom. The monoisotopic (exact) mass is 328 g/mol. The number of hydrogen-bond donors (Lipinski definition) is 1. The largest absolute Gasteiger partial charge is 0.493 e. The molecule has 0 aliphatic carbocycles. The van der Waals surface area contributed by atoms with Crippen molar-refractivity contribution in [1.29, 1.82) is 0 Å². The molecule has 24 heavy (non-hydrogen) atoms. The molecule has 0 atom stereocenters. The molecule has 1 heterocycles. The van der Waals surface area contributed by atoms with Crippen LogP contribution in [0, 0.1) is 0 Å². The quantitative estimate of drug-likeness (QED) is 0.754. The number of fused-ring (bicyclic) bond motifs is 1. The van der Waals surface area contributed by atoms with Crippen molar-refractivity contribution in [2.24, 2.45) is 0 Å². The van der Waals surface area contributed by atoms with E-state index in [0.717, 1.165) is 22.4 Å². The fourth-order valence-electron chi connectivity index (χ4n) is 2.83. The standard InChI is InChI=1S/C18H20N2O4/c1-22-15-10-12(11-16(23-2)17(15)24-3)18-19-13-6-4-5-7-14(13)20(18)8-9-21/h4-7,10-11,21H,8-9H2,1-3H3. The van der Waals surface area contributed by atoms with Crippen molar-refractivity contribution in [1.82, 2.24) is 9.55 Å². The summed E-state index contributed by atoms with van der Waals surface area (Å²) in [6.45, 7) is 0.476. The summed E-state index contributed by atoms with van der Waals surface area (Å²) < 4.78 is 18.2. The van der Waals surface area contributed by atoms with Crippen molar-refractivity contribution in [2.75, 3.05) is 27.9 Å². The average molecular weight is 328 g/mol. The first-order chi connectivity index (χ1) is 11.7. The van der Waals surface area contributed by atoms with Crippen LogP contribution in [0.4, 0.5) is 0 Å². The van der Waals surface area contributed by atoms with Gasteiger partial charge in [0.1, 0.15) is 5.82 Å². The van der Waals surface area contributed by atoms with E-state index >= 15 is 0 Å². The first kappa shape index (κ1) is 16.1. The fourth-order valence-corrected chi connectivity index (χ4v) is 2.83. The van der Waals surface area contributed by atoms with Crippen molar-refractivity contribution in [3.8, 4) is 28.6 Å². The number of ether oxygens (including phenoxy) is 3. The zero-order chi connectivity index (χ0) is 17.1. The van der Waals surface area contributed by atoms with Gasteiger partial charge in [-0.1, -0.05) is 12.1 Å². The molecule has 0 bridgehead atoms. The zero-order valence-corrected chi connectivity index (χ0v) is 13.9. The molecule has 0 amide bonds. The summed E-state index contributed by atoms with van der Waals surface area (Å²) in [5.41, 5.74) is 2.67. The SMILES string of the molecule is COc1cc(-c2nc3ccccc3n2CCO)cc(OC)c1OC. The van der Waals surface area contributed by atoms with Gasteiger partial charge in [-0.15, -0.1) is 0 Å². The number of para-hydroxylation sites is 2. The highest BCUT2D eigenvalue weighted by Crippen LogP contribution is 2.41. The number of benzene rings is 2. The Morgan fingerprint density at radius 3 is 2.25 bits per heavy atom. The third-order valence-electron chi connectivity index (χ3n) is 3.90. The van der Waals surface area contributed by atoms with Gasteiger partial charge >= 0.3 is 0 Å². The number of imidazole rings is 1. The molecule has 0 radical (unpaired) electrons. The highest BCUT2D eigenvalue weighted by Gasteiger charge is 2.18. The molecule has 0 saturated heterocycles. The molecule has 0 unspecified atom stereocenters. The minimum atomic E-state index is 0.0256. The Balaban J connectivity index is 2.25. The summed E-state index contributed by atoms with van der Waals surface area (Å²) in [5, 5.41) is 9.43. The van der Waals surface area contributed by atoms with Gasteiger partial charge in [-0.3, -0.25) is 0 Å². The molecule has 0 aliphatic heterocycles. The van der Waals surface area contributed by atoms with E-state index in [1.807, 2.05) is 41.0 Å². The van der Waals surface area contributed by atoms with E-state index in [0.29, 0.717) is 23.8 Å². The van der Waals surface area contributed by atoms with Gasteiger partial charge in [-0.05, 0) is 24.3 Å². The average Bonchev–Trinajstić information content (AvgIpc) is 2.99. The van der Waals surface area contributed by atoms with Gasteiger partial charge in [-0.25, -0.2) is 4.98 Å². The molecule has 0 aliphatic rings. The molecule has 0 saturated carbocycles. The second kappa shape index (κ2) is 6.80. The van der Waals surface area contributed by atoms with Crippen molar-refractivity contribution in [2.45, 2.75) is 6.54 Å². The first-order valence-electron chi connectivity index (χ1n) is 7.60. The Hall–Kier alpha value is -2.73. The molecular formula is C18H20N2O4. The van der Waals surface area contributed by atoms with E-state index in [-0.39, 0.29) is 6.61 Å². The van der Waals surface area contributed by atoms with Crippen molar-refractivity contribution >= 4 is 11.0 Å². The Kier molecular flexibility index (Phi) is 4.57. The minimum absolute atomic E-state index is 0.0256. The number of aliphatic hydroxyl groups is 1. The third-order valence-corrected chi connectivity index (χ3v) is 3.90. The highest BCUT2D eigenvalue weighted by atomic mass is 16.5. The van der Waals surface area contributed by atoms with E-state index in [9.17, 15) is 5.11 Å². The molecule has 3 rings (SSSR count). The molecule has 6 nitrogen and oxygen atoms in total. The number of hydrogen-bond acceptors (Lipinski definition) is 5. The van der Waals surface area contributed by atoms with Crippen molar-refractivity contribution in [3.05, 3.63) is 36.4 Å². The predicted octanol–water partition coefficient (Wildman–Crippen LogP) is 2.72. The number of aromatic nitrogens is 2. The Bertz CT molecular complexity index is 832. The molecule has 2 aromatic carbocycles. The lowest BCUT2D eigenvalue weighted by Gasteiger charge is -2.14. The van der Waals surface area contributed by atoms with Crippen molar-refractivity contribution < 1.29 is 19.3 Å². The van der Waals surface area contributed by atoms with Crippen LogP contribution in [-0.2, 0) is 6.54 Å². The van der Waals surface area contributed by atoms with Crippen LogP contribution in [0.2, 0.25) is 0 Å². The topological polar surface area (TPSA) is 65.7 Å². The predicted molar refractivity (Wildman–Crippen MR) is 91.9 cm³/mol. The summed E-state index contributed by atoms with van der Waals surface area (Å²) in [7, 11) is 4.73. The van der Waals surface area contributed by atoms with E-state index < -0.39 is 0 Å². The van der Waals surface area contributed by atoms with Crippen LogP contribution in [0.15, 0.2) is 36.4 Å². The number of rotatable bonds is 6. The highest BCUT2D eigenvalue weighted by molar-refractivity contribution is 5.81. The van der Waals surface area contributed by atoms with Gasteiger partial charge in [-0.2, -0.15) is 0 Å². The Morgan fingerprint density at radius 1 is 1.00 bits per heavy atom. The summed E-state index contributed by atoms with van der Waals surface area (Å²) >= 11 is 0. The second-order valence-corrected chi connectivity index (χ2v) is 5.21. The summed E-state index contributed by atoms with van der Waals surface area (Å²) in [6, 6.07) is 11.5. The van der Waals surface area contributed by atoms with E-state index in [2.05, 4.69) is 0 Å². The third kappa shape index (κ3) is 2.65. The lowest BCUT2D eigenvalue weighted by Crippen LogP contribution is -2.04. The lowest BCUT2D eigenvalue weighted by molar-refractivity contribution is 0.278. The maximum atomic E-state index is 9.43. The summed E-state index contributed by atoms with van der Waals surface area (Å²) in [6.07, 6.45) is 0. The van der Waals surface area contributed by atoms with Crippen LogP contribution in [0.3, 0.4) is 0 Å². The number of aliphatic hydroxyl groups excluding tert-OH is 1. The number of methoxy groups -OCH3 is 3. The van der Waals surface area contributed by atoms with Gasteiger partial charge in [0.25, 0.3) is 0 Å². The molecule has 0 spiro atoms. The van der Waals surface area contributed by atoms with Gasteiger partial charge in [0, 0.05) is 12.1 Å². The first-order valence-corrected chi connectivity index (χ1v) is 7.60. The molecule has 6 heteroatoms. The summed E-state index contributed by atoms with van der Waals surface area (Å²) in [5.74, 6) is 2.40. The molecule has 1 aromatic heterocycles. The maximum Gasteiger partial charge on any atom is 0.203 e. The van der Waals surface area contributed by atoms with Crippen LogP contribution < -0.4 is 14.2 Å². The fraction of sp³-hybridized carbons (Fsp3) is 0.278. The van der Waals surface area contributed by atoms with Crippen LogP contribution in [-0.4, -0.2) is 42.6 Å². The zero-order valence-electron chi connectivity index (χ0n) is 13.9. The van der Waals surface area contributed by atoms with Gasteiger partial charge < -0.3 is 23.9 Å². The number of nitrogens with zero attached hydrogens (tertiary/aromatic N) is 2. The van der Waals surface area contributed by atoms with Gasteiger partial charge in [0.05, 0.1) is 39.0 Å². The van der Waals surface area contributed by atoms with Gasteiger partial charge in [0.15, 0.2) is 11.5 Å². The van der Waals surface area contributed by atoms with Crippen LogP contribution in [0.25, 0.3) is 22.4 Å². The van der Waals surface area contributed by atoms with Crippen molar-refractivity contribution in [3.63, 3.8) is 0 Å². The Labute approximate surface area is 140 Å². The van der Waals surface area contributed by atoms with Crippen LogP contribution >= 0.6 is 0 Å². The van der Waals surface area contributed by atoms with Crippen LogP contribution in [0.5, 0.6) is 17.2 Å². The minimum Gasteiger partial charge on any atom is -0.493 e. The maximum absolute atomic E-state index is 9.43. The van der Waals surface area contributed by atoms with E-state index in [1.54, 1.807) is 21.3 Å². The molecule has 126 valence electrons. The second-order valence-electron chi connectivity index (χ2n) is 5.21. The lowest BCUT2D eigenvalue weighted by atomic mass is 10.1. The normalized spacial score (nSPS) is 10.8. The molecular weight excluding hydrogens is 308 g/mol.